The Morgan fingerprint density at radius 3 is 2.87 bits per heavy atom. The number of halogens is 1. The summed E-state index contributed by atoms with van der Waals surface area (Å²) < 4.78 is 18.4. The highest BCUT2D eigenvalue weighted by Crippen LogP contribution is 2.30. The summed E-state index contributed by atoms with van der Waals surface area (Å²) in [5.74, 6) is -0.501. The fraction of sp³-hybridized carbons (Fsp3) is 0.375. The fourth-order valence-electron chi connectivity index (χ4n) is 3.24. The topological polar surface area (TPSA) is 67.2 Å². The van der Waals surface area contributed by atoms with Crippen molar-refractivity contribution in [3.8, 4) is 0 Å². The molecule has 2 aliphatic heterocycles. The van der Waals surface area contributed by atoms with E-state index in [-0.39, 0.29) is 23.7 Å². The highest BCUT2D eigenvalue weighted by atomic mass is 32.2. The largest absolute Gasteiger partial charge is 0.425 e. The van der Waals surface area contributed by atoms with Crippen LogP contribution in [0.15, 0.2) is 44.9 Å². The minimum absolute atomic E-state index is 0.0670. The van der Waals surface area contributed by atoms with Crippen molar-refractivity contribution in [3.05, 3.63) is 42.2 Å². The normalized spacial score (nSPS) is 25.7. The predicted octanol–water partition coefficient (Wildman–Crippen LogP) is 2.59. The fourth-order valence-corrected chi connectivity index (χ4v) is 3.97. The van der Waals surface area contributed by atoms with Crippen molar-refractivity contribution in [1.29, 1.82) is 0 Å². The second-order valence-electron chi connectivity index (χ2n) is 5.90. The number of hydrogen-bond donors (Lipinski definition) is 2. The van der Waals surface area contributed by atoms with Crippen molar-refractivity contribution in [3.63, 3.8) is 0 Å². The van der Waals surface area contributed by atoms with E-state index in [1.807, 2.05) is 0 Å². The van der Waals surface area contributed by atoms with E-state index in [1.54, 1.807) is 12.1 Å². The maximum absolute atomic E-state index is 12.9. The molecule has 3 atom stereocenters. The van der Waals surface area contributed by atoms with Gasteiger partial charge in [-0.05, 0) is 43.5 Å². The SMILES string of the molecule is O=C(N[C@@H]1C[C@H]2CC[C@@H]1N2)c1ncc(Sc2ccc(F)cc2)o1. The van der Waals surface area contributed by atoms with Gasteiger partial charge in [-0.3, -0.25) is 4.79 Å². The van der Waals surface area contributed by atoms with Gasteiger partial charge in [-0.2, -0.15) is 0 Å². The maximum atomic E-state index is 12.9. The molecule has 0 aliphatic carbocycles. The lowest BCUT2D eigenvalue weighted by molar-refractivity contribution is 0.0890. The molecule has 1 amide bonds. The lowest BCUT2D eigenvalue weighted by Gasteiger charge is -2.20. The first-order valence-electron chi connectivity index (χ1n) is 7.63. The molecule has 1 aromatic carbocycles. The van der Waals surface area contributed by atoms with E-state index in [0.29, 0.717) is 17.2 Å². The molecule has 0 unspecified atom stereocenters. The zero-order valence-electron chi connectivity index (χ0n) is 12.3. The van der Waals surface area contributed by atoms with Gasteiger partial charge in [-0.15, -0.1) is 0 Å². The summed E-state index contributed by atoms with van der Waals surface area (Å²) in [5.41, 5.74) is 0. The smallest absolute Gasteiger partial charge is 0.307 e. The zero-order chi connectivity index (χ0) is 15.8. The molecule has 3 heterocycles. The third kappa shape index (κ3) is 3.11. The molecule has 2 fully saturated rings. The summed E-state index contributed by atoms with van der Waals surface area (Å²) >= 11 is 1.30. The van der Waals surface area contributed by atoms with Crippen molar-refractivity contribution in [2.24, 2.45) is 0 Å². The lowest BCUT2D eigenvalue weighted by atomic mass is 9.95. The first-order chi connectivity index (χ1) is 11.2. The Balaban J connectivity index is 1.39. The molecule has 0 spiro atoms. The van der Waals surface area contributed by atoms with Gasteiger partial charge in [0.2, 0.25) is 0 Å². The van der Waals surface area contributed by atoms with Crippen molar-refractivity contribution in [2.75, 3.05) is 0 Å². The van der Waals surface area contributed by atoms with Crippen molar-refractivity contribution >= 4 is 17.7 Å². The summed E-state index contributed by atoms with van der Waals surface area (Å²) in [5, 5.41) is 6.98. The molecule has 0 radical (unpaired) electrons. The van der Waals surface area contributed by atoms with Gasteiger partial charge in [-0.25, -0.2) is 9.37 Å². The Kier molecular flexibility index (Phi) is 3.82. The van der Waals surface area contributed by atoms with Gasteiger partial charge in [0, 0.05) is 23.0 Å². The van der Waals surface area contributed by atoms with E-state index >= 15 is 0 Å². The summed E-state index contributed by atoms with van der Waals surface area (Å²) in [7, 11) is 0. The summed E-state index contributed by atoms with van der Waals surface area (Å²) in [6.45, 7) is 0. The quantitative estimate of drug-likeness (QED) is 0.900. The third-order valence-electron chi connectivity index (χ3n) is 4.33. The number of carbonyl (C=O) groups excluding carboxylic acids is 1. The van der Waals surface area contributed by atoms with E-state index in [4.69, 9.17) is 4.42 Å². The van der Waals surface area contributed by atoms with Crippen LogP contribution in [0.5, 0.6) is 0 Å². The number of fused-ring (bicyclic) bond motifs is 2. The van der Waals surface area contributed by atoms with Crippen LogP contribution in [0.3, 0.4) is 0 Å². The second-order valence-corrected chi connectivity index (χ2v) is 6.98. The van der Waals surface area contributed by atoms with Crippen molar-refractivity contribution in [1.82, 2.24) is 15.6 Å². The highest BCUT2D eigenvalue weighted by Gasteiger charge is 2.40. The Labute approximate surface area is 137 Å². The predicted molar refractivity (Wildman–Crippen MR) is 82.8 cm³/mol. The number of rotatable bonds is 4. The van der Waals surface area contributed by atoms with Crippen LogP contribution in [-0.2, 0) is 0 Å². The Hall–Kier alpha value is -1.86. The summed E-state index contributed by atoms with van der Waals surface area (Å²) in [6.07, 6.45) is 4.78. The molecule has 7 heteroatoms. The molecule has 2 bridgehead atoms. The Morgan fingerprint density at radius 1 is 1.35 bits per heavy atom. The summed E-state index contributed by atoms with van der Waals surface area (Å²) in [4.78, 5) is 17.1. The molecule has 2 aromatic rings. The lowest BCUT2D eigenvalue weighted by Crippen LogP contribution is -2.43. The molecule has 2 N–H and O–H groups in total. The molecular weight excluding hydrogens is 317 g/mol. The number of carbonyl (C=O) groups is 1. The second kappa shape index (κ2) is 5.98. The van der Waals surface area contributed by atoms with Crippen molar-refractivity contribution in [2.45, 2.75) is 47.4 Å². The van der Waals surface area contributed by atoms with Gasteiger partial charge in [-0.1, -0.05) is 11.8 Å². The standard InChI is InChI=1S/C16H16FN3O2S/c17-9-1-4-11(5-2-9)23-14-8-18-16(22-14)15(21)20-13-7-10-3-6-12(13)19-10/h1-2,4-5,8,10,12-13,19H,3,6-7H2,(H,20,21)/t10-,12+,13-/m1/s1. The monoisotopic (exact) mass is 333 g/mol. The van der Waals surface area contributed by atoms with Crippen LogP contribution < -0.4 is 10.6 Å². The molecule has 23 heavy (non-hydrogen) atoms. The van der Waals surface area contributed by atoms with Crippen LogP contribution in [0.4, 0.5) is 4.39 Å². The molecular formula is C16H16FN3O2S. The van der Waals surface area contributed by atoms with Gasteiger partial charge in [0.1, 0.15) is 5.82 Å². The van der Waals surface area contributed by atoms with Crippen LogP contribution in [0.1, 0.15) is 29.9 Å². The van der Waals surface area contributed by atoms with E-state index in [9.17, 15) is 9.18 Å². The molecule has 4 rings (SSSR count). The number of aromatic nitrogens is 1. The van der Waals surface area contributed by atoms with Crippen LogP contribution in [0.25, 0.3) is 0 Å². The Morgan fingerprint density at radius 2 is 2.17 bits per heavy atom. The highest BCUT2D eigenvalue weighted by molar-refractivity contribution is 7.99. The number of nitrogens with zero attached hydrogens (tertiary/aromatic N) is 1. The molecule has 120 valence electrons. The van der Waals surface area contributed by atoms with E-state index < -0.39 is 0 Å². The minimum Gasteiger partial charge on any atom is -0.425 e. The average Bonchev–Trinajstić information content (AvgIpc) is 3.26. The number of oxazole rings is 1. The Bertz CT molecular complexity index is 718. The van der Waals surface area contributed by atoms with Crippen LogP contribution in [0.2, 0.25) is 0 Å². The van der Waals surface area contributed by atoms with Gasteiger partial charge in [0.15, 0.2) is 5.09 Å². The zero-order valence-corrected chi connectivity index (χ0v) is 13.1. The number of hydrogen-bond acceptors (Lipinski definition) is 5. The van der Waals surface area contributed by atoms with E-state index in [2.05, 4.69) is 15.6 Å². The first kappa shape index (κ1) is 14.7. The van der Waals surface area contributed by atoms with Crippen LogP contribution >= 0.6 is 11.8 Å². The molecule has 1 aromatic heterocycles. The van der Waals surface area contributed by atoms with E-state index in [1.165, 1.54) is 36.5 Å². The van der Waals surface area contributed by atoms with Gasteiger partial charge in [0.25, 0.3) is 5.89 Å². The van der Waals surface area contributed by atoms with E-state index in [0.717, 1.165) is 17.7 Å². The van der Waals surface area contributed by atoms with Crippen LogP contribution in [-0.4, -0.2) is 29.0 Å². The molecule has 2 saturated heterocycles. The number of nitrogens with one attached hydrogen (secondary N) is 2. The maximum Gasteiger partial charge on any atom is 0.307 e. The number of amides is 1. The summed E-state index contributed by atoms with van der Waals surface area (Å²) in [6, 6.07) is 7.13. The number of benzene rings is 1. The average molecular weight is 333 g/mol. The van der Waals surface area contributed by atoms with Gasteiger partial charge in [0.05, 0.1) is 6.20 Å². The third-order valence-corrected chi connectivity index (χ3v) is 5.23. The first-order valence-corrected chi connectivity index (χ1v) is 8.45. The van der Waals surface area contributed by atoms with Gasteiger partial charge < -0.3 is 15.1 Å². The van der Waals surface area contributed by atoms with Crippen LogP contribution in [0, 0.1) is 5.82 Å². The molecule has 2 aliphatic rings. The minimum atomic E-state index is -0.286. The molecule has 5 nitrogen and oxygen atoms in total. The van der Waals surface area contributed by atoms with Gasteiger partial charge >= 0.3 is 5.91 Å². The molecule has 0 saturated carbocycles. The van der Waals surface area contributed by atoms with Crippen molar-refractivity contribution < 1.29 is 13.6 Å².